The van der Waals surface area contributed by atoms with Gasteiger partial charge in [-0.2, -0.15) is 0 Å². The summed E-state index contributed by atoms with van der Waals surface area (Å²) in [5.74, 6) is 1.94. The number of carbonyl (C=O) groups excluding carboxylic acids is 3. The van der Waals surface area contributed by atoms with Crippen LogP contribution in [0.5, 0.6) is 0 Å². The molecular formula is C25H35N3O4. The first-order chi connectivity index (χ1) is 15.1. The highest BCUT2D eigenvalue weighted by atomic mass is 16.6. The van der Waals surface area contributed by atoms with E-state index in [1.807, 2.05) is 24.3 Å². The van der Waals surface area contributed by atoms with Gasteiger partial charge in [0.1, 0.15) is 12.1 Å². The summed E-state index contributed by atoms with van der Waals surface area (Å²) in [6.07, 6.45) is 6.31. The average molecular weight is 442 g/mol. The standard InChI is InChI=1S/C25H35N3O4/c1-24(2,3)32-23(31)27-15-21(29)26-14-19-6-4-5-7-20(19)28-22(30)25-11-16-8-17(12-25)10-18(9-16)13-25/h4-7,16-18H,8-15H2,1-3H3,(H,26,29)(H,27,31)(H,28,30). The van der Waals surface area contributed by atoms with E-state index in [1.54, 1.807) is 20.8 Å². The van der Waals surface area contributed by atoms with Gasteiger partial charge in [0.25, 0.3) is 0 Å². The van der Waals surface area contributed by atoms with E-state index >= 15 is 0 Å². The van der Waals surface area contributed by atoms with Crippen LogP contribution in [0.15, 0.2) is 24.3 Å². The van der Waals surface area contributed by atoms with Crippen LogP contribution in [-0.2, 0) is 20.9 Å². The van der Waals surface area contributed by atoms with Crippen molar-refractivity contribution >= 4 is 23.6 Å². The molecule has 4 saturated carbocycles. The lowest BCUT2D eigenvalue weighted by Crippen LogP contribution is -2.51. The summed E-state index contributed by atoms with van der Waals surface area (Å²) in [6, 6.07) is 7.57. The maximum absolute atomic E-state index is 13.4. The van der Waals surface area contributed by atoms with Crippen LogP contribution in [0.3, 0.4) is 0 Å². The monoisotopic (exact) mass is 441 g/mol. The van der Waals surface area contributed by atoms with E-state index in [0.717, 1.165) is 30.5 Å². The van der Waals surface area contributed by atoms with Gasteiger partial charge in [-0.1, -0.05) is 18.2 Å². The molecule has 3 amide bonds. The van der Waals surface area contributed by atoms with Crippen molar-refractivity contribution in [3.05, 3.63) is 29.8 Å². The van der Waals surface area contributed by atoms with E-state index in [1.165, 1.54) is 19.3 Å². The predicted molar refractivity (Wildman–Crippen MR) is 122 cm³/mol. The number of alkyl carbamates (subject to hydrolysis) is 1. The second-order valence-corrected chi connectivity index (χ2v) is 10.9. The second-order valence-electron chi connectivity index (χ2n) is 10.9. The highest BCUT2D eigenvalue weighted by molar-refractivity contribution is 5.96. The summed E-state index contributed by atoms with van der Waals surface area (Å²) >= 11 is 0. The molecule has 32 heavy (non-hydrogen) atoms. The second kappa shape index (κ2) is 8.75. The molecule has 0 spiro atoms. The topological polar surface area (TPSA) is 96.5 Å². The third kappa shape index (κ3) is 5.25. The van der Waals surface area contributed by atoms with Gasteiger partial charge in [-0.05, 0) is 88.7 Å². The summed E-state index contributed by atoms with van der Waals surface area (Å²) in [5, 5.41) is 8.45. The van der Waals surface area contributed by atoms with Gasteiger partial charge in [-0.25, -0.2) is 4.79 Å². The van der Waals surface area contributed by atoms with Crippen molar-refractivity contribution in [3.63, 3.8) is 0 Å². The molecule has 1 aromatic rings. The number of carbonyl (C=O) groups is 3. The number of hydrogen-bond donors (Lipinski definition) is 3. The Morgan fingerprint density at radius 2 is 1.56 bits per heavy atom. The molecule has 4 fully saturated rings. The van der Waals surface area contributed by atoms with Gasteiger partial charge in [0.05, 0.1) is 5.41 Å². The molecule has 3 N–H and O–H groups in total. The average Bonchev–Trinajstić information content (AvgIpc) is 2.69. The first kappa shape index (κ1) is 22.6. The molecule has 5 rings (SSSR count). The van der Waals surface area contributed by atoms with Crippen molar-refractivity contribution in [1.82, 2.24) is 10.6 Å². The van der Waals surface area contributed by atoms with Crippen molar-refractivity contribution in [3.8, 4) is 0 Å². The van der Waals surface area contributed by atoms with Gasteiger partial charge < -0.3 is 20.7 Å². The fourth-order valence-corrected chi connectivity index (χ4v) is 6.16. The molecule has 4 aliphatic rings. The van der Waals surface area contributed by atoms with Crippen LogP contribution in [0.4, 0.5) is 10.5 Å². The smallest absolute Gasteiger partial charge is 0.408 e. The van der Waals surface area contributed by atoms with E-state index in [2.05, 4.69) is 16.0 Å². The zero-order valence-corrected chi connectivity index (χ0v) is 19.3. The zero-order chi connectivity index (χ0) is 22.9. The molecule has 4 bridgehead atoms. The van der Waals surface area contributed by atoms with Crippen LogP contribution in [0.2, 0.25) is 0 Å². The summed E-state index contributed by atoms with van der Waals surface area (Å²) in [4.78, 5) is 37.3. The van der Waals surface area contributed by atoms with Crippen LogP contribution in [0, 0.1) is 23.2 Å². The maximum atomic E-state index is 13.4. The van der Waals surface area contributed by atoms with E-state index < -0.39 is 11.7 Å². The van der Waals surface area contributed by atoms with Crippen molar-refractivity contribution in [1.29, 1.82) is 0 Å². The number of rotatable bonds is 6. The number of hydrogen-bond acceptors (Lipinski definition) is 4. The lowest BCUT2D eigenvalue weighted by atomic mass is 9.49. The lowest BCUT2D eigenvalue weighted by molar-refractivity contribution is -0.140. The van der Waals surface area contributed by atoms with Crippen LogP contribution in [0.25, 0.3) is 0 Å². The molecule has 0 unspecified atom stereocenters. The Kier molecular flexibility index (Phi) is 6.19. The quantitative estimate of drug-likeness (QED) is 0.622. The molecule has 0 aliphatic heterocycles. The molecule has 7 nitrogen and oxygen atoms in total. The van der Waals surface area contributed by atoms with Gasteiger partial charge in [0, 0.05) is 12.2 Å². The fraction of sp³-hybridized carbons (Fsp3) is 0.640. The zero-order valence-electron chi connectivity index (χ0n) is 19.3. The van der Waals surface area contributed by atoms with Crippen molar-refractivity contribution in [2.75, 3.05) is 11.9 Å². The molecule has 0 saturated heterocycles. The number of ether oxygens (including phenoxy) is 1. The number of amides is 3. The normalized spacial score (nSPS) is 28.2. The van der Waals surface area contributed by atoms with Crippen molar-refractivity contribution in [2.45, 2.75) is 71.4 Å². The van der Waals surface area contributed by atoms with Crippen LogP contribution in [-0.4, -0.2) is 30.1 Å². The van der Waals surface area contributed by atoms with Gasteiger partial charge in [0.2, 0.25) is 11.8 Å². The van der Waals surface area contributed by atoms with Crippen molar-refractivity contribution < 1.29 is 19.1 Å². The molecule has 0 radical (unpaired) electrons. The van der Waals surface area contributed by atoms with E-state index in [-0.39, 0.29) is 30.3 Å². The minimum Gasteiger partial charge on any atom is -0.444 e. The Balaban J connectivity index is 1.32. The Morgan fingerprint density at radius 3 is 2.16 bits per heavy atom. The predicted octanol–water partition coefficient (Wildman–Crippen LogP) is 3.98. The number of benzene rings is 1. The molecule has 1 aromatic carbocycles. The molecule has 0 atom stereocenters. The molecule has 0 aromatic heterocycles. The highest BCUT2D eigenvalue weighted by Crippen LogP contribution is 2.60. The third-order valence-electron chi connectivity index (χ3n) is 7.05. The summed E-state index contributed by atoms with van der Waals surface area (Å²) < 4.78 is 5.14. The van der Waals surface area contributed by atoms with Crippen molar-refractivity contribution in [2.24, 2.45) is 23.2 Å². The van der Waals surface area contributed by atoms with Gasteiger partial charge >= 0.3 is 6.09 Å². The lowest BCUT2D eigenvalue weighted by Gasteiger charge is -2.55. The summed E-state index contributed by atoms with van der Waals surface area (Å²) in [5.41, 5.74) is 0.751. The molecule has 174 valence electrons. The Morgan fingerprint density at radius 1 is 0.969 bits per heavy atom. The van der Waals surface area contributed by atoms with Gasteiger partial charge in [-0.3, -0.25) is 9.59 Å². The van der Waals surface area contributed by atoms with E-state index in [0.29, 0.717) is 17.8 Å². The minimum atomic E-state index is -0.629. The first-order valence-corrected chi connectivity index (χ1v) is 11.7. The molecule has 7 heteroatoms. The Hall–Kier alpha value is -2.57. The third-order valence-corrected chi connectivity index (χ3v) is 7.05. The summed E-state index contributed by atoms with van der Waals surface area (Å²) in [6.45, 7) is 5.40. The largest absolute Gasteiger partial charge is 0.444 e. The van der Waals surface area contributed by atoms with Crippen LogP contribution in [0.1, 0.15) is 64.9 Å². The Bertz CT molecular complexity index is 854. The maximum Gasteiger partial charge on any atom is 0.408 e. The highest BCUT2D eigenvalue weighted by Gasteiger charge is 2.54. The fourth-order valence-electron chi connectivity index (χ4n) is 6.16. The molecule has 0 heterocycles. The SMILES string of the molecule is CC(C)(C)OC(=O)NCC(=O)NCc1ccccc1NC(=O)C12CC3CC(CC(C3)C1)C2. The first-order valence-electron chi connectivity index (χ1n) is 11.7. The number of para-hydroxylation sites is 1. The Labute approximate surface area is 190 Å². The van der Waals surface area contributed by atoms with Crippen LogP contribution < -0.4 is 16.0 Å². The van der Waals surface area contributed by atoms with E-state index in [9.17, 15) is 14.4 Å². The summed E-state index contributed by atoms with van der Waals surface area (Å²) in [7, 11) is 0. The molecule has 4 aliphatic carbocycles. The van der Waals surface area contributed by atoms with Gasteiger partial charge in [0.15, 0.2) is 0 Å². The number of nitrogens with one attached hydrogen (secondary N) is 3. The number of anilines is 1. The van der Waals surface area contributed by atoms with Gasteiger partial charge in [-0.15, -0.1) is 0 Å². The molecular weight excluding hydrogens is 406 g/mol. The van der Waals surface area contributed by atoms with Crippen LogP contribution >= 0.6 is 0 Å². The van der Waals surface area contributed by atoms with E-state index in [4.69, 9.17) is 4.74 Å². The minimum absolute atomic E-state index is 0.141.